The molecule has 3 aromatic rings. The van der Waals surface area contributed by atoms with Crippen LogP contribution in [0.25, 0.3) is 11.1 Å². The molecule has 1 fully saturated rings. The first-order valence-corrected chi connectivity index (χ1v) is 12.0. The third-order valence-electron chi connectivity index (χ3n) is 7.22. The van der Waals surface area contributed by atoms with Crippen LogP contribution >= 0.6 is 0 Å². The van der Waals surface area contributed by atoms with Crippen LogP contribution in [0.4, 0.5) is 11.5 Å². The largest absolute Gasteiger partial charge is 0.377 e. The standard InChI is InChI=1S/C25H30N6O2/c1-3-29-13-20(12-26-29)18-6-7-23-19(11-18)5-4-9-30(23)25-22-14-28(17(2)32)10-8-24(22)31(27-25)21-15-33-16-21/h6-7,11-13,21H,3-5,8-10,14-16H2,1-2H3. The lowest BCUT2D eigenvalue weighted by molar-refractivity contribution is -0.129. The molecule has 5 heterocycles. The number of hydrogen-bond acceptors (Lipinski definition) is 5. The molecule has 6 rings (SSSR count). The van der Waals surface area contributed by atoms with E-state index in [2.05, 4.69) is 46.0 Å². The zero-order valence-corrected chi connectivity index (χ0v) is 19.3. The van der Waals surface area contributed by atoms with Gasteiger partial charge < -0.3 is 14.5 Å². The Labute approximate surface area is 193 Å². The third kappa shape index (κ3) is 3.44. The summed E-state index contributed by atoms with van der Waals surface area (Å²) < 4.78 is 9.62. The minimum atomic E-state index is 0.127. The van der Waals surface area contributed by atoms with E-state index in [9.17, 15) is 4.79 Å². The number of amides is 1. The molecular weight excluding hydrogens is 416 g/mol. The molecule has 3 aliphatic rings. The van der Waals surface area contributed by atoms with E-state index in [1.807, 2.05) is 15.8 Å². The predicted octanol–water partition coefficient (Wildman–Crippen LogP) is 3.33. The molecule has 0 spiro atoms. The van der Waals surface area contributed by atoms with Crippen LogP contribution in [0.1, 0.15) is 43.1 Å². The summed E-state index contributed by atoms with van der Waals surface area (Å²) in [6.07, 6.45) is 7.04. The quantitative estimate of drug-likeness (QED) is 0.615. The molecule has 172 valence electrons. The first kappa shape index (κ1) is 20.5. The maximum atomic E-state index is 12.2. The third-order valence-corrected chi connectivity index (χ3v) is 7.22. The Kier molecular flexibility index (Phi) is 4.98. The van der Waals surface area contributed by atoms with Gasteiger partial charge in [0.1, 0.15) is 0 Å². The van der Waals surface area contributed by atoms with Gasteiger partial charge in [-0.05, 0) is 43.0 Å². The lowest BCUT2D eigenvalue weighted by Gasteiger charge is -2.33. The summed E-state index contributed by atoms with van der Waals surface area (Å²) in [6.45, 7) is 8.39. The Morgan fingerprint density at radius 3 is 2.79 bits per heavy atom. The zero-order chi connectivity index (χ0) is 22.5. The second kappa shape index (κ2) is 8.02. The van der Waals surface area contributed by atoms with Crippen molar-refractivity contribution in [2.45, 2.75) is 52.2 Å². The summed E-state index contributed by atoms with van der Waals surface area (Å²) in [5.74, 6) is 1.14. The molecule has 1 aromatic carbocycles. The lowest BCUT2D eigenvalue weighted by Crippen LogP contribution is -2.37. The first-order chi connectivity index (χ1) is 16.1. The Morgan fingerprint density at radius 2 is 2.06 bits per heavy atom. The number of benzene rings is 1. The maximum absolute atomic E-state index is 12.2. The van der Waals surface area contributed by atoms with E-state index in [0.29, 0.717) is 12.6 Å². The summed E-state index contributed by atoms with van der Waals surface area (Å²) in [4.78, 5) is 16.5. The number of ether oxygens (including phenoxy) is 1. The SMILES string of the molecule is CCn1cc(-c2ccc3c(c2)CCCN3c2nn(C3COC3)c3c2CN(C(C)=O)CC3)cn1. The van der Waals surface area contributed by atoms with Crippen LogP contribution in [0.3, 0.4) is 0 Å². The van der Waals surface area contributed by atoms with Gasteiger partial charge in [-0.15, -0.1) is 0 Å². The number of carbonyl (C=O) groups excluding carboxylic acids is 1. The molecule has 0 unspecified atom stereocenters. The van der Waals surface area contributed by atoms with E-state index in [-0.39, 0.29) is 5.91 Å². The van der Waals surface area contributed by atoms with Crippen molar-refractivity contribution in [2.24, 2.45) is 0 Å². The second-order valence-corrected chi connectivity index (χ2v) is 9.26. The van der Waals surface area contributed by atoms with E-state index in [4.69, 9.17) is 9.84 Å². The number of carbonyl (C=O) groups is 1. The van der Waals surface area contributed by atoms with Crippen molar-refractivity contribution >= 4 is 17.4 Å². The molecule has 2 aromatic heterocycles. The summed E-state index contributed by atoms with van der Waals surface area (Å²) in [5, 5.41) is 9.58. The van der Waals surface area contributed by atoms with Crippen LogP contribution in [0.2, 0.25) is 0 Å². The van der Waals surface area contributed by atoms with Crippen molar-refractivity contribution in [3.63, 3.8) is 0 Å². The molecule has 0 bridgehead atoms. The smallest absolute Gasteiger partial charge is 0.219 e. The number of nitrogens with zero attached hydrogens (tertiary/aromatic N) is 6. The summed E-state index contributed by atoms with van der Waals surface area (Å²) in [5.41, 5.74) is 7.40. The van der Waals surface area contributed by atoms with Crippen LogP contribution < -0.4 is 4.90 Å². The Hall–Kier alpha value is -3.13. The summed E-state index contributed by atoms with van der Waals surface area (Å²) in [7, 11) is 0. The number of aryl methyl sites for hydroxylation is 2. The Bertz CT molecular complexity index is 1210. The van der Waals surface area contributed by atoms with Crippen LogP contribution in [0, 0.1) is 0 Å². The number of aromatic nitrogens is 4. The molecule has 33 heavy (non-hydrogen) atoms. The van der Waals surface area contributed by atoms with Gasteiger partial charge >= 0.3 is 0 Å². The summed E-state index contributed by atoms with van der Waals surface area (Å²) in [6, 6.07) is 7.04. The van der Waals surface area contributed by atoms with Crippen molar-refractivity contribution in [1.82, 2.24) is 24.5 Å². The summed E-state index contributed by atoms with van der Waals surface area (Å²) >= 11 is 0. The van der Waals surface area contributed by atoms with E-state index in [1.54, 1.807) is 6.92 Å². The van der Waals surface area contributed by atoms with Gasteiger partial charge in [0, 0.05) is 61.7 Å². The zero-order valence-electron chi connectivity index (χ0n) is 19.3. The van der Waals surface area contributed by atoms with Gasteiger partial charge in [0.15, 0.2) is 5.82 Å². The van der Waals surface area contributed by atoms with E-state index in [0.717, 1.165) is 63.5 Å². The molecule has 0 aliphatic carbocycles. The maximum Gasteiger partial charge on any atom is 0.219 e. The van der Waals surface area contributed by atoms with Gasteiger partial charge in [-0.3, -0.25) is 14.2 Å². The van der Waals surface area contributed by atoms with Gasteiger partial charge in [0.2, 0.25) is 5.91 Å². The average Bonchev–Trinajstić information content (AvgIpc) is 3.42. The topological polar surface area (TPSA) is 68.4 Å². The fourth-order valence-electron chi connectivity index (χ4n) is 5.26. The molecular formula is C25H30N6O2. The Morgan fingerprint density at radius 1 is 1.18 bits per heavy atom. The molecule has 0 saturated carbocycles. The van der Waals surface area contributed by atoms with Crippen LogP contribution in [0.5, 0.6) is 0 Å². The van der Waals surface area contributed by atoms with Crippen molar-refractivity contribution in [3.8, 4) is 11.1 Å². The highest BCUT2D eigenvalue weighted by molar-refractivity contribution is 5.76. The first-order valence-electron chi connectivity index (χ1n) is 12.0. The highest BCUT2D eigenvalue weighted by Crippen LogP contribution is 2.40. The number of rotatable bonds is 4. The molecule has 1 amide bonds. The van der Waals surface area contributed by atoms with Crippen molar-refractivity contribution in [2.75, 3.05) is 31.2 Å². The number of fused-ring (bicyclic) bond motifs is 2. The number of anilines is 2. The molecule has 0 radical (unpaired) electrons. The molecule has 3 aliphatic heterocycles. The van der Waals surface area contributed by atoms with Crippen LogP contribution in [-0.2, 0) is 35.5 Å². The highest BCUT2D eigenvalue weighted by Gasteiger charge is 2.34. The van der Waals surface area contributed by atoms with Gasteiger partial charge in [0.25, 0.3) is 0 Å². The fraction of sp³-hybridized carbons (Fsp3) is 0.480. The average molecular weight is 447 g/mol. The highest BCUT2D eigenvalue weighted by atomic mass is 16.5. The minimum absolute atomic E-state index is 0.127. The van der Waals surface area contributed by atoms with Gasteiger partial charge in [-0.2, -0.15) is 10.2 Å². The van der Waals surface area contributed by atoms with Gasteiger partial charge in [-0.25, -0.2) is 0 Å². The molecule has 8 nitrogen and oxygen atoms in total. The van der Waals surface area contributed by atoms with E-state index >= 15 is 0 Å². The van der Waals surface area contributed by atoms with Crippen LogP contribution in [0.15, 0.2) is 30.6 Å². The van der Waals surface area contributed by atoms with Crippen molar-refractivity contribution < 1.29 is 9.53 Å². The van der Waals surface area contributed by atoms with Gasteiger partial charge in [0.05, 0.1) is 32.0 Å². The molecule has 0 N–H and O–H groups in total. The lowest BCUT2D eigenvalue weighted by atomic mass is 9.96. The molecule has 8 heteroatoms. The normalized spacial score (nSPS) is 18.1. The van der Waals surface area contributed by atoms with Gasteiger partial charge in [-0.1, -0.05) is 6.07 Å². The van der Waals surface area contributed by atoms with Crippen molar-refractivity contribution in [3.05, 3.63) is 47.4 Å². The molecule has 0 atom stereocenters. The second-order valence-electron chi connectivity index (χ2n) is 9.26. The fourth-order valence-corrected chi connectivity index (χ4v) is 5.26. The monoisotopic (exact) mass is 446 g/mol. The minimum Gasteiger partial charge on any atom is -0.377 e. The molecule has 1 saturated heterocycles. The Balaban J connectivity index is 1.40. The van der Waals surface area contributed by atoms with Crippen molar-refractivity contribution in [1.29, 1.82) is 0 Å². The predicted molar refractivity (Wildman–Crippen MR) is 126 cm³/mol. The van der Waals surface area contributed by atoms with Crippen LogP contribution in [-0.4, -0.2) is 56.7 Å². The van der Waals surface area contributed by atoms with E-state index in [1.165, 1.54) is 28.1 Å². The number of hydrogen-bond donors (Lipinski definition) is 0. The van der Waals surface area contributed by atoms with E-state index < -0.39 is 0 Å².